The number of benzene rings is 1. The second-order valence-corrected chi connectivity index (χ2v) is 6.39. The van der Waals surface area contributed by atoms with E-state index in [1.54, 1.807) is 6.07 Å². The molecule has 1 saturated heterocycles. The molecule has 0 radical (unpaired) electrons. The van der Waals surface area contributed by atoms with Crippen molar-refractivity contribution >= 4 is 12.4 Å². The minimum absolute atomic E-state index is 0. The minimum Gasteiger partial charge on any atom is -0.490 e. The first-order chi connectivity index (χ1) is 9.01. The smallest absolute Gasteiger partial charge is 0.490 e. The fourth-order valence-corrected chi connectivity index (χ4v) is 2.71. The van der Waals surface area contributed by atoms with Crippen molar-refractivity contribution in [2.75, 3.05) is 0 Å². The molecule has 1 fully saturated rings. The molecule has 0 spiro atoms. The number of hydrogen-bond donors (Lipinski definition) is 0. The van der Waals surface area contributed by atoms with Crippen molar-refractivity contribution in [2.45, 2.75) is 51.4 Å². The monoisotopic (exact) mass is 326 g/mol. The quantitative estimate of drug-likeness (QED) is 0.752. The van der Waals surface area contributed by atoms with E-state index in [0.717, 1.165) is 6.07 Å². The third kappa shape index (κ3) is 4.72. The van der Waals surface area contributed by atoms with Gasteiger partial charge in [-0.3, -0.25) is 0 Å². The summed E-state index contributed by atoms with van der Waals surface area (Å²) >= 11 is 0. The van der Waals surface area contributed by atoms with Gasteiger partial charge in [-0.1, -0.05) is 23.7 Å². The van der Waals surface area contributed by atoms with Gasteiger partial charge in [-0.2, -0.15) is 0 Å². The Hall–Kier alpha value is 0.471. The molecular weight excluding hydrogens is 307 g/mol. The van der Waals surface area contributed by atoms with Crippen LogP contribution in [0, 0.1) is 0 Å². The maximum Gasteiger partial charge on any atom is 1.00 e. The second-order valence-electron chi connectivity index (χ2n) is 6.39. The van der Waals surface area contributed by atoms with Gasteiger partial charge in [0.1, 0.15) is 11.7 Å². The zero-order valence-corrected chi connectivity index (χ0v) is 16.2. The van der Waals surface area contributed by atoms with Crippen LogP contribution < -0.4 is 61.6 Å². The van der Waals surface area contributed by atoms with Crippen LogP contribution in [0.4, 0.5) is 12.9 Å². The predicted octanol–water partition coefficient (Wildman–Crippen LogP) is 0.470. The minimum atomic E-state index is -5.09. The molecule has 2 rings (SSSR count). The first kappa shape index (κ1) is 19.5. The van der Waals surface area contributed by atoms with E-state index in [-0.39, 0.29) is 57.1 Å². The van der Waals surface area contributed by atoms with Crippen LogP contribution in [0.2, 0.25) is 0 Å². The van der Waals surface area contributed by atoms with Crippen LogP contribution >= 0.6 is 0 Å². The Morgan fingerprint density at radius 3 is 2.19 bits per heavy atom. The van der Waals surface area contributed by atoms with E-state index in [0.29, 0.717) is 6.42 Å². The van der Waals surface area contributed by atoms with E-state index in [2.05, 4.69) is 0 Å². The Kier molecular flexibility index (Phi) is 6.07. The van der Waals surface area contributed by atoms with Crippen molar-refractivity contribution in [3.63, 3.8) is 0 Å². The maximum atomic E-state index is 13.0. The number of ether oxygens (including phenoxy) is 2. The van der Waals surface area contributed by atoms with Gasteiger partial charge < -0.3 is 22.4 Å². The molecule has 1 atom stereocenters. The van der Waals surface area contributed by atoms with E-state index < -0.39 is 29.7 Å². The van der Waals surface area contributed by atoms with Crippen molar-refractivity contribution < 1.29 is 73.8 Å². The van der Waals surface area contributed by atoms with Gasteiger partial charge in [0.25, 0.3) is 0 Å². The van der Waals surface area contributed by atoms with Crippen LogP contribution in [0.5, 0.6) is 5.75 Å². The summed E-state index contributed by atoms with van der Waals surface area (Å²) in [5.41, 5.74) is -1.70. The molecule has 21 heavy (non-hydrogen) atoms. The van der Waals surface area contributed by atoms with Crippen LogP contribution in [0.15, 0.2) is 24.3 Å². The topological polar surface area (TPSA) is 18.5 Å². The summed E-state index contributed by atoms with van der Waals surface area (Å²) in [6, 6.07) is 5.35. The molecule has 1 heterocycles. The third-order valence-corrected chi connectivity index (χ3v) is 3.53. The van der Waals surface area contributed by atoms with Crippen LogP contribution in [0.3, 0.4) is 0 Å². The molecule has 7 heteroatoms. The summed E-state index contributed by atoms with van der Waals surface area (Å²) in [6.45, 7) is 2.43. The molecule has 1 aliphatic rings. The molecule has 0 aliphatic carbocycles. The fourth-order valence-electron chi connectivity index (χ4n) is 2.71. The Bertz CT molecular complexity index is 503. The van der Waals surface area contributed by atoms with Crippen molar-refractivity contribution in [1.29, 1.82) is 0 Å². The Balaban J connectivity index is 0.00000220. The second kappa shape index (κ2) is 6.53. The van der Waals surface area contributed by atoms with Gasteiger partial charge in [0.05, 0.1) is 11.4 Å². The Morgan fingerprint density at radius 1 is 1.14 bits per heavy atom. The van der Waals surface area contributed by atoms with Gasteiger partial charge in [0.2, 0.25) is 0 Å². The first-order valence-electron chi connectivity index (χ1n) is 6.67. The van der Waals surface area contributed by atoms with Gasteiger partial charge in [-0.05, 0) is 33.8 Å². The average Bonchev–Trinajstić information content (AvgIpc) is 2.45. The molecule has 0 aromatic heterocycles. The summed E-state index contributed by atoms with van der Waals surface area (Å²) in [4.78, 5) is 0. The molecule has 0 amide bonds. The fraction of sp³-hybridized carbons (Fsp3) is 0.571. The molecule has 1 unspecified atom stereocenters. The summed E-state index contributed by atoms with van der Waals surface area (Å²) in [7, 11) is 0. The molecule has 0 N–H and O–H groups in total. The molecule has 2 nitrogen and oxygen atoms in total. The van der Waals surface area contributed by atoms with Gasteiger partial charge >= 0.3 is 58.4 Å². The van der Waals surface area contributed by atoms with E-state index >= 15 is 0 Å². The zero-order chi connectivity index (χ0) is 15.2. The molecule has 1 aromatic rings. The summed E-state index contributed by atoms with van der Waals surface area (Å²) < 4.78 is 50.6. The average molecular weight is 326 g/mol. The normalized spacial score (nSPS) is 23.5. The van der Waals surface area contributed by atoms with E-state index in [4.69, 9.17) is 9.47 Å². The number of halogens is 3. The molecule has 0 saturated carbocycles. The molecule has 1 aromatic carbocycles. The Labute approximate surface area is 166 Å². The van der Waals surface area contributed by atoms with Crippen LogP contribution in [-0.2, 0) is 4.74 Å². The summed E-state index contributed by atoms with van der Waals surface area (Å²) in [5, 5.41) is 0. The Morgan fingerprint density at radius 2 is 1.71 bits per heavy atom. The number of rotatable bonds is 3. The van der Waals surface area contributed by atoms with Crippen molar-refractivity contribution in [2.24, 2.45) is 0 Å². The van der Waals surface area contributed by atoms with Gasteiger partial charge in [0, 0.05) is 6.42 Å². The van der Waals surface area contributed by atoms with Crippen molar-refractivity contribution in [3.8, 4) is 5.75 Å². The molecular formula is C14H19BF3KO2. The standard InChI is InChI=1S/C14H19BF3O2.K/c1-13(2)9-12(14(3,4)20-13)19-11-8-6-5-7-10(11)15(16,17)18;/h5-8,12H,9H2,1-4H3;/q-1;+1. The van der Waals surface area contributed by atoms with Crippen molar-refractivity contribution in [1.82, 2.24) is 0 Å². The summed E-state index contributed by atoms with van der Waals surface area (Å²) in [6.07, 6.45) is 0.149. The predicted molar refractivity (Wildman–Crippen MR) is 73.4 cm³/mol. The van der Waals surface area contributed by atoms with Crippen LogP contribution in [0.1, 0.15) is 34.1 Å². The van der Waals surface area contributed by atoms with Gasteiger partial charge in [-0.15, -0.1) is 0 Å². The van der Waals surface area contributed by atoms with Gasteiger partial charge in [0.15, 0.2) is 0 Å². The molecule has 0 bridgehead atoms. The van der Waals surface area contributed by atoms with Crippen LogP contribution in [-0.4, -0.2) is 24.3 Å². The van der Waals surface area contributed by atoms with Crippen LogP contribution in [0.25, 0.3) is 0 Å². The third-order valence-electron chi connectivity index (χ3n) is 3.53. The SMILES string of the molecule is CC1(C)CC(Oc2ccccc2[B-](F)(F)F)C(C)(C)O1.[K+]. The van der Waals surface area contributed by atoms with E-state index in [1.807, 2.05) is 27.7 Å². The van der Waals surface area contributed by atoms with Gasteiger partial charge in [-0.25, -0.2) is 0 Å². The molecule has 1 aliphatic heterocycles. The van der Waals surface area contributed by atoms with E-state index in [1.165, 1.54) is 12.1 Å². The largest absolute Gasteiger partial charge is 1.00 e. The maximum absolute atomic E-state index is 13.0. The van der Waals surface area contributed by atoms with E-state index in [9.17, 15) is 12.9 Å². The zero-order valence-electron chi connectivity index (χ0n) is 13.1. The summed E-state index contributed by atoms with van der Waals surface area (Å²) in [5.74, 6) is -0.112. The molecule has 112 valence electrons. The number of hydrogen-bond acceptors (Lipinski definition) is 2. The first-order valence-corrected chi connectivity index (χ1v) is 6.67. The van der Waals surface area contributed by atoms with Crippen molar-refractivity contribution in [3.05, 3.63) is 24.3 Å². The number of para-hydroxylation sites is 1.